The highest BCUT2D eigenvalue weighted by Crippen LogP contribution is 2.13. The Balaban J connectivity index is 3.70. The molecule has 0 spiro atoms. The monoisotopic (exact) mass is 297 g/mol. The van der Waals surface area contributed by atoms with Gasteiger partial charge in [-0.25, -0.2) is 0 Å². The maximum absolute atomic E-state index is 12.0. The van der Waals surface area contributed by atoms with E-state index in [-0.39, 0.29) is 30.6 Å². The predicted molar refractivity (Wildman–Crippen MR) is 85.9 cm³/mol. The lowest BCUT2D eigenvalue weighted by Gasteiger charge is -2.12. The summed E-state index contributed by atoms with van der Waals surface area (Å²) in [6.45, 7) is 6.02. The number of Topliss-reactive ketones (excluding diaryl/α,β-unsaturated/α-hetero) is 1. The van der Waals surface area contributed by atoms with E-state index in [2.05, 4.69) is 6.58 Å². The zero-order valence-corrected chi connectivity index (χ0v) is 13.4. The van der Waals surface area contributed by atoms with Gasteiger partial charge in [0.1, 0.15) is 5.78 Å². The van der Waals surface area contributed by atoms with Gasteiger partial charge < -0.3 is 10.5 Å². The highest BCUT2D eigenvalue weighted by molar-refractivity contribution is 5.85. The van der Waals surface area contributed by atoms with Gasteiger partial charge in [-0.2, -0.15) is 0 Å². The van der Waals surface area contributed by atoms with Crippen LogP contribution in [0.15, 0.2) is 12.7 Å². The van der Waals surface area contributed by atoms with Gasteiger partial charge in [-0.05, 0) is 26.2 Å². The van der Waals surface area contributed by atoms with Crippen molar-refractivity contribution in [2.75, 3.05) is 13.2 Å². The first kappa shape index (κ1) is 19.8. The van der Waals surface area contributed by atoms with Crippen LogP contribution in [-0.4, -0.2) is 24.9 Å². The fourth-order valence-corrected chi connectivity index (χ4v) is 2.25. The summed E-state index contributed by atoms with van der Waals surface area (Å²) in [6, 6.07) is 0. The Morgan fingerprint density at radius 3 is 2.33 bits per heavy atom. The molecule has 1 unspecified atom stereocenters. The zero-order chi connectivity index (χ0) is 15.9. The van der Waals surface area contributed by atoms with Crippen molar-refractivity contribution in [2.24, 2.45) is 11.7 Å². The number of hydrogen-bond acceptors (Lipinski definition) is 4. The molecule has 0 aliphatic carbocycles. The molecule has 0 saturated heterocycles. The van der Waals surface area contributed by atoms with Gasteiger partial charge in [-0.3, -0.25) is 9.59 Å². The van der Waals surface area contributed by atoms with Crippen LogP contribution in [0.5, 0.6) is 0 Å². The molecular formula is C17H31NO3. The average Bonchev–Trinajstić information content (AvgIpc) is 2.47. The fourth-order valence-electron chi connectivity index (χ4n) is 2.25. The number of ketones is 1. The maximum Gasteiger partial charge on any atom is 0.306 e. The third-order valence-electron chi connectivity index (χ3n) is 3.54. The Hall–Kier alpha value is -1.16. The van der Waals surface area contributed by atoms with Gasteiger partial charge in [0.05, 0.1) is 13.0 Å². The van der Waals surface area contributed by atoms with Crippen molar-refractivity contribution in [1.29, 1.82) is 0 Å². The molecule has 0 aliphatic rings. The summed E-state index contributed by atoms with van der Waals surface area (Å²) in [6.07, 6.45) is 10.4. The van der Waals surface area contributed by atoms with E-state index in [0.717, 1.165) is 25.7 Å². The molecule has 21 heavy (non-hydrogen) atoms. The Kier molecular flexibility index (Phi) is 13.0. The van der Waals surface area contributed by atoms with Crippen molar-refractivity contribution in [2.45, 2.75) is 64.7 Å². The van der Waals surface area contributed by atoms with E-state index >= 15 is 0 Å². The SMILES string of the molecule is C=CCCCCCCCCC(=O)C(CN)CC(=O)OCC. The topological polar surface area (TPSA) is 69.4 Å². The number of carbonyl (C=O) groups is 2. The highest BCUT2D eigenvalue weighted by atomic mass is 16.5. The van der Waals surface area contributed by atoms with Gasteiger partial charge in [-0.1, -0.05) is 31.8 Å². The number of unbranched alkanes of at least 4 members (excludes halogenated alkanes) is 6. The summed E-state index contributed by atoms with van der Waals surface area (Å²) < 4.78 is 4.86. The molecule has 4 nitrogen and oxygen atoms in total. The van der Waals surface area contributed by atoms with Crippen molar-refractivity contribution in [3.05, 3.63) is 12.7 Å². The first-order valence-corrected chi connectivity index (χ1v) is 8.15. The Bertz CT molecular complexity index is 302. The van der Waals surface area contributed by atoms with Gasteiger partial charge in [0.25, 0.3) is 0 Å². The molecule has 1 atom stereocenters. The molecular weight excluding hydrogens is 266 g/mol. The molecule has 0 aromatic carbocycles. The summed E-state index contributed by atoms with van der Waals surface area (Å²) >= 11 is 0. The van der Waals surface area contributed by atoms with Gasteiger partial charge in [0.15, 0.2) is 0 Å². The minimum Gasteiger partial charge on any atom is -0.466 e. The number of nitrogens with two attached hydrogens (primary N) is 1. The predicted octanol–water partition coefficient (Wildman–Crippen LogP) is 3.39. The van der Waals surface area contributed by atoms with E-state index in [1.807, 2.05) is 6.08 Å². The fraction of sp³-hybridized carbons (Fsp3) is 0.765. The third kappa shape index (κ3) is 11.2. The van der Waals surface area contributed by atoms with E-state index in [1.165, 1.54) is 19.3 Å². The second-order valence-corrected chi connectivity index (χ2v) is 5.36. The van der Waals surface area contributed by atoms with E-state index < -0.39 is 0 Å². The molecule has 0 saturated carbocycles. The molecule has 0 aliphatic heterocycles. The molecule has 0 radical (unpaired) electrons. The first-order valence-electron chi connectivity index (χ1n) is 8.15. The largest absolute Gasteiger partial charge is 0.466 e. The minimum atomic E-state index is -0.378. The van der Waals surface area contributed by atoms with Crippen LogP contribution in [0.4, 0.5) is 0 Å². The molecule has 0 aromatic rings. The Morgan fingerprint density at radius 2 is 1.76 bits per heavy atom. The number of esters is 1. The average molecular weight is 297 g/mol. The van der Waals surface area contributed by atoms with Gasteiger partial charge >= 0.3 is 5.97 Å². The number of ether oxygens (including phenoxy) is 1. The molecule has 0 bridgehead atoms. The van der Waals surface area contributed by atoms with Crippen molar-refractivity contribution in [3.63, 3.8) is 0 Å². The second kappa shape index (κ2) is 13.8. The lowest BCUT2D eigenvalue weighted by atomic mass is 9.95. The summed E-state index contributed by atoms with van der Waals surface area (Å²) in [4.78, 5) is 23.4. The van der Waals surface area contributed by atoms with Crippen LogP contribution >= 0.6 is 0 Å². The van der Waals surface area contributed by atoms with Crippen LogP contribution in [-0.2, 0) is 14.3 Å². The molecule has 0 aromatic heterocycles. The number of hydrogen-bond donors (Lipinski definition) is 1. The lowest BCUT2D eigenvalue weighted by Crippen LogP contribution is -2.27. The Morgan fingerprint density at radius 1 is 1.14 bits per heavy atom. The van der Waals surface area contributed by atoms with Crippen molar-refractivity contribution in [1.82, 2.24) is 0 Å². The molecule has 2 N–H and O–H groups in total. The normalized spacial score (nSPS) is 11.9. The van der Waals surface area contributed by atoms with Crippen LogP contribution in [0.3, 0.4) is 0 Å². The van der Waals surface area contributed by atoms with Crippen molar-refractivity contribution < 1.29 is 14.3 Å². The van der Waals surface area contributed by atoms with E-state index in [4.69, 9.17) is 10.5 Å². The summed E-state index contributed by atoms with van der Waals surface area (Å²) in [5.74, 6) is -0.614. The van der Waals surface area contributed by atoms with Crippen LogP contribution in [0, 0.1) is 5.92 Å². The molecule has 0 fully saturated rings. The molecule has 0 amide bonds. The van der Waals surface area contributed by atoms with Gasteiger partial charge in [-0.15, -0.1) is 6.58 Å². The number of allylic oxidation sites excluding steroid dienone is 1. The molecule has 122 valence electrons. The van der Waals surface area contributed by atoms with Crippen LogP contribution in [0.1, 0.15) is 64.7 Å². The van der Waals surface area contributed by atoms with E-state index in [0.29, 0.717) is 13.0 Å². The second-order valence-electron chi connectivity index (χ2n) is 5.36. The third-order valence-corrected chi connectivity index (χ3v) is 3.54. The Labute approximate surface area is 129 Å². The van der Waals surface area contributed by atoms with Gasteiger partial charge in [0.2, 0.25) is 0 Å². The summed E-state index contributed by atoms with van der Waals surface area (Å²) in [5, 5.41) is 0. The first-order chi connectivity index (χ1) is 10.2. The van der Waals surface area contributed by atoms with Crippen LogP contribution in [0.2, 0.25) is 0 Å². The van der Waals surface area contributed by atoms with Crippen molar-refractivity contribution in [3.8, 4) is 0 Å². The smallest absolute Gasteiger partial charge is 0.306 e. The van der Waals surface area contributed by atoms with Crippen LogP contribution in [0.25, 0.3) is 0 Å². The molecule has 4 heteroatoms. The van der Waals surface area contributed by atoms with Crippen LogP contribution < -0.4 is 5.73 Å². The van der Waals surface area contributed by atoms with Gasteiger partial charge in [0, 0.05) is 18.9 Å². The van der Waals surface area contributed by atoms with Crippen molar-refractivity contribution >= 4 is 11.8 Å². The van der Waals surface area contributed by atoms with E-state index in [1.54, 1.807) is 6.92 Å². The van der Waals surface area contributed by atoms with E-state index in [9.17, 15) is 9.59 Å². The molecule has 0 heterocycles. The summed E-state index contributed by atoms with van der Waals surface area (Å²) in [7, 11) is 0. The maximum atomic E-state index is 12.0. The number of rotatable bonds is 14. The lowest BCUT2D eigenvalue weighted by molar-refractivity contribution is -0.146. The standard InChI is InChI=1S/C17H31NO3/c1-3-5-6-7-8-9-10-11-12-16(19)15(14-18)13-17(20)21-4-2/h3,15H,1,4-14,18H2,2H3. The number of carbonyl (C=O) groups excluding carboxylic acids is 2. The summed E-state index contributed by atoms with van der Waals surface area (Å²) in [5.41, 5.74) is 5.58. The quantitative estimate of drug-likeness (QED) is 0.303. The minimum absolute atomic E-state index is 0.0946. The zero-order valence-electron chi connectivity index (χ0n) is 13.4. The highest BCUT2D eigenvalue weighted by Gasteiger charge is 2.20. The molecule has 0 rings (SSSR count).